The lowest BCUT2D eigenvalue weighted by molar-refractivity contribution is -0.384. The van der Waals surface area contributed by atoms with E-state index >= 15 is 0 Å². The predicted octanol–water partition coefficient (Wildman–Crippen LogP) is 3.11. The van der Waals surface area contributed by atoms with Gasteiger partial charge in [0, 0.05) is 43.7 Å². The number of piperazine rings is 1. The molecule has 2 amide bonds. The van der Waals surface area contributed by atoms with Crippen molar-refractivity contribution >= 4 is 29.1 Å². The summed E-state index contributed by atoms with van der Waals surface area (Å²) >= 11 is 5.80. The number of carbonyl (C=O) groups excluding carboxylic acids is 2. The summed E-state index contributed by atoms with van der Waals surface area (Å²) in [6.45, 7) is 1.90. The molecule has 1 saturated heterocycles. The molecule has 1 heterocycles. The Kier molecular flexibility index (Phi) is 5.76. The molecule has 2 fully saturated rings. The third kappa shape index (κ3) is 3.98. The minimum Gasteiger partial charge on any atom is -0.339 e. The van der Waals surface area contributed by atoms with Gasteiger partial charge in [0.2, 0.25) is 5.91 Å². The van der Waals surface area contributed by atoms with Gasteiger partial charge in [-0.1, -0.05) is 30.9 Å². The van der Waals surface area contributed by atoms with Crippen LogP contribution in [0.15, 0.2) is 18.2 Å². The first kappa shape index (κ1) is 18.6. The monoisotopic (exact) mass is 379 g/mol. The zero-order chi connectivity index (χ0) is 18.7. The van der Waals surface area contributed by atoms with Crippen molar-refractivity contribution < 1.29 is 14.5 Å². The fourth-order valence-electron chi connectivity index (χ4n) is 3.71. The van der Waals surface area contributed by atoms with Gasteiger partial charge in [-0.3, -0.25) is 19.7 Å². The number of hydrogen-bond donors (Lipinski definition) is 0. The lowest BCUT2D eigenvalue weighted by Gasteiger charge is -2.37. The lowest BCUT2D eigenvalue weighted by atomic mass is 9.88. The van der Waals surface area contributed by atoms with Crippen molar-refractivity contribution in [1.29, 1.82) is 0 Å². The van der Waals surface area contributed by atoms with Crippen LogP contribution in [0.25, 0.3) is 0 Å². The van der Waals surface area contributed by atoms with Crippen LogP contribution < -0.4 is 0 Å². The first-order chi connectivity index (χ1) is 12.5. The summed E-state index contributed by atoms with van der Waals surface area (Å²) in [5.41, 5.74) is -0.0308. The van der Waals surface area contributed by atoms with Crippen molar-refractivity contribution in [2.24, 2.45) is 5.92 Å². The van der Waals surface area contributed by atoms with E-state index in [-0.39, 0.29) is 34.0 Å². The maximum atomic E-state index is 12.6. The molecule has 26 heavy (non-hydrogen) atoms. The molecule has 140 valence electrons. The topological polar surface area (TPSA) is 83.8 Å². The molecule has 0 unspecified atom stereocenters. The zero-order valence-electron chi connectivity index (χ0n) is 14.5. The molecule has 0 bridgehead atoms. The number of nitro benzene ring substituents is 1. The minimum absolute atomic E-state index is 0.00875. The van der Waals surface area contributed by atoms with Crippen LogP contribution in [-0.4, -0.2) is 52.7 Å². The van der Waals surface area contributed by atoms with Gasteiger partial charge in [-0.25, -0.2) is 0 Å². The van der Waals surface area contributed by atoms with Gasteiger partial charge in [-0.15, -0.1) is 0 Å². The Bertz CT molecular complexity index is 710. The number of rotatable bonds is 3. The van der Waals surface area contributed by atoms with Crippen LogP contribution in [0.3, 0.4) is 0 Å². The minimum atomic E-state index is -0.597. The molecule has 7 nitrogen and oxygen atoms in total. The molecule has 3 rings (SSSR count). The van der Waals surface area contributed by atoms with Crippen LogP contribution in [0.2, 0.25) is 5.02 Å². The number of benzene rings is 1. The fraction of sp³-hybridized carbons (Fsp3) is 0.556. The molecule has 1 aliphatic heterocycles. The molecule has 1 aromatic rings. The molecule has 1 saturated carbocycles. The molecule has 1 aromatic carbocycles. The maximum absolute atomic E-state index is 12.6. The largest absolute Gasteiger partial charge is 0.339 e. The summed E-state index contributed by atoms with van der Waals surface area (Å²) in [6, 6.07) is 4.08. The molecule has 1 aliphatic carbocycles. The molecule has 0 atom stereocenters. The quantitative estimate of drug-likeness (QED) is 0.596. The van der Waals surface area contributed by atoms with Gasteiger partial charge in [0.1, 0.15) is 5.02 Å². The van der Waals surface area contributed by atoms with E-state index in [1.54, 1.807) is 4.90 Å². The number of nitrogens with zero attached hydrogens (tertiary/aromatic N) is 3. The summed E-state index contributed by atoms with van der Waals surface area (Å²) in [5, 5.41) is 11.0. The Morgan fingerprint density at radius 2 is 1.65 bits per heavy atom. The Morgan fingerprint density at radius 1 is 1.04 bits per heavy atom. The number of halogens is 1. The number of carbonyl (C=O) groups is 2. The van der Waals surface area contributed by atoms with Crippen molar-refractivity contribution in [3.05, 3.63) is 38.9 Å². The van der Waals surface area contributed by atoms with Gasteiger partial charge >= 0.3 is 0 Å². The van der Waals surface area contributed by atoms with E-state index in [2.05, 4.69) is 0 Å². The number of hydrogen-bond acceptors (Lipinski definition) is 4. The van der Waals surface area contributed by atoms with Crippen LogP contribution in [0.5, 0.6) is 0 Å². The van der Waals surface area contributed by atoms with Gasteiger partial charge in [-0.2, -0.15) is 0 Å². The Morgan fingerprint density at radius 3 is 2.27 bits per heavy atom. The van der Waals surface area contributed by atoms with Crippen molar-refractivity contribution in [1.82, 2.24) is 9.80 Å². The molecule has 0 spiro atoms. The SMILES string of the molecule is O=C(c1ccc(Cl)c([N+](=O)[O-])c1)N1CCN(C(=O)C2CCCCC2)CC1. The van der Waals surface area contributed by atoms with E-state index < -0.39 is 4.92 Å². The van der Waals surface area contributed by atoms with Crippen molar-refractivity contribution in [2.75, 3.05) is 26.2 Å². The van der Waals surface area contributed by atoms with Crippen LogP contribution in [0.1, 0.15) is 42.5 Å². The normalized spacial score (nSPS) is 18.7. The van der Waals surface area contributed by atoms with E-state index in [4.69, 9.17) is 11.6 Å². The summed E-state index contributed by atoms with van der Waals surface area (Å²) in [7, 11) is 0. The van der Waals surface area contributed by atoms with Crippen molar-refractivity contribution in [2.45, 2.75) is 32.1 Å². The van der Waals surface area contributed by atoms with Gasteiger partial charge in [-0.05, 0) is 25.0 Å². The Labute approximate surface area is 157 Å². The molecule has 8 heteroatoms. The number of amides is 2. The summed E-state index contributed by atoms with van der Waals surface area (Å²) < 4.78 is 0. The highest BCUT2D eigenvalue weighted by molar-refractivity contribution is 6.32. The summed E-state index contributed by atoms with van der Waals surface area (Å²) in [5.74, 6) is 0.0679. The van der Waals surface area contributed by atoms with Gasteiger partial charge < -0.3 is 9.80 Å². The van der Waals surface area contributed by atoms with Gasteiger partial charge in [0.15, 0.2) is 0 Å². The van der Waals surface area contributed by atoms with E-state index in [9.17, 15) is 19.7 Å². The van der Waals surface area contributed by atoms with Crippen molar-refractivity contribution in [3.63, 3.8) is 0 Å². The second kappa shape index (κ2) is 8.03. The van der Waals surface area contributed by atoms with Crippen LogP contribution in [0, 0.1) is 16.0 Å². The highest BCUT2D eigenvalue weighted by Crippen LogP contribution is 2.27. The Balaban J connectivity index is 1.61. The molecular weight excluding hydrogens is 358 g/mol. The van der Waals surface area contributed by atoms with Crippen LogP contribution >= 0.6 is 11.6 Å². The van der Waals surface area contributed by atoms with Gasteiger partial charge in [0.05, 0.1) is 4.92 Å². The van der Waals surface area contributed by atoms with Crippen LogP contribution in [-0.2, 0) is 4.79 Å². The maximum Gasteiger partial charge on any atom is 0.288 e. The molecule has 0 N–H and O–H groups in total. The lowest BCUT2D eigenvalue weighted by Crippen LogP contribution is -2.52. The molecular formula is C18H22ClN3O4. The molecule has 2 aliphatic rings. The van der Waals surface area contributed by atoms with E-state index in [1.807, 2.05) is 4.90 Å². The van der Waals surface area contributed by atoms with Gasteiger partial charge in [0.25, 0.3) is 11.6 Å². The van der Waals surface area contributed by atoms with E-state index in [1.165, 1.54) is 24.6 Å². The second-order valence-corrected chi connectivity index (χ2v) is 7.28. The smallest absolute Gasteiger partial charge is 0.288 e. The first-order valence-electron chi connectivity index (χ1n) is 8.99. The molecule has 0 aromatic heterocycles. The fourth-order valence-corrected chi connectivity index (χ4v) is 3.89. The highest BCUT2D eigenvalue weighted by Gasteiger charge is 2.30. The third-order valence-electron chi connectivity index (χ3n) is 5.22. The van der Waals surface area contributed by atoms with Crippen molar-refractivity contribution in [3.8, 4) is 0 Å². The summed E-state index contributed by atoms with van der Waals surface area (Å²) in [4.78, 5) is 39.1. The standard InChI is InChI=1S/C18H22ClN3O4/c19-15-7-6-14(12-16(15)22(25)26)18(24)21-10-8-20(9-11-21)17(23)13-4-2-1-3-5-13/h6-7,12-13H,1-5,8-11H2. The average Bonchev–Trinajstić information content (AvgIpc) is 2.68. The third-order valence-corrected chi connectivity index (χ3v) is 5.54. The van der Waals surface area contributed by atoms with Crippen LogP contribution in [0.4, 0.5) is 5.69 Å². The first-order valence-corrected chi connectivity index (χ1v) is 9.37. The second-order valence-electron chi connectivity index (χ2n) is 6.88. The predicted molar refractivity (Wildman–Crippen MR) is 97.2 cm³/mol. The highest BCUT2D eigenvalue weighted by atomic mass is 35.5. The molecule has 0 radical (unpaired) electrons. The zero-order valence-corrected chi connectivity index (χ0v) is 15.3. The Hall–Kier alpha value is -2.15. The van der Waals surface area contributed by atoms with E-state index in [0.29, 0.717) is 26.2 Å². The van der Waals surface area contributed by atoms with E-state index in [0.717, 1.165) is 25.7 Å². The average molecular weight is 380 g/mol. The summed E-state index contributed by atoms with van der Waals surface area (Å²) in [6.07, 6.45) is 5.37. The number of nitro groups is 1.